The van der Waals surface area contributed by atoms with Gasteiger partial charge in [-0.3, -0.25) is 9.59 Å². The highest BCUT2D eigenvalue weighted by molar-refractivity contribution is 5.95. The van der Waals surface area contributed by atoms with Gasteiger partial charge in [0, 0.05) is 12.0 Å². The number of aromatic nitrogens is 3. The van der Waals surface area contributed by atoms with Crippen molar-refractivity contribution < 1.29 is 27.9 Å². The summed E-state index contributed by atoms with van der Waals surface area (Å²) in [7, 11) is 0. The molecule has 0 aliphatic heterocycles. The van der Waals surface area contributed by atoms with Gasteiger partial charge in [0.1, 0.15) is 12.2 Å². The van der Waals surface area contributed by atoms with Gasteiger partial charge in [-0.05, 0) is 18.1 Å². The molecule has 0 saturated carbocycles. The number of benzene rings is 1. The summed E-state index contributed by atoms with van der Waals surface area (Å²) in [5, 5.41) is 18.5. The molecule has 0 aliphatic carbocycles. The Hall–Kier alpha value is -2.91. The summed E-state index contributed by atoms with van der Waals surface area (Å²) in [5.74, 6) is -1.62. The topological polar surface area (TPSA) is 97.1 Å². The Bertz CT molecular complexity index is 758. The SMILES string of the molecule is O=C(O)Cn1cc(CNC(=O)c2ccccc2CCC(F)(F)F)nn1. The number of nitrogens with one attached hydrogen (secondary N) is 1. The molecule has 0 atom stereocenters. The van der Waals surface area contributed by atoms with Crippen molar-refractivity contribution in [2.45, 2.75) is 32.1 Å². The van der Waals surface area contributed by atoms with E-state index < -0.39 is 24.5 Å². The number of carboxylic acids is 1. The lowest BCUT2D eigenvalue weighted by Gasteiger charge is -2.11. The Morgan fingerprint density at radius 1 is 1.24 bits per heavy atom. The van der Waals surface area contributed by atoms with E-state index in [0.717, 1.165) is 4.68 Å². The molecule has 7 nitrogen and oxygen atoms in total. The Kier molecular flexibility index (Phi) is 5.73. The number of nitrogens with zero attached hydrogens (tertiary/aromatic N) is 3. The van der Waals surface area contributed by atoms with Gasteiger partial charge in [0.2, 0.25) is 0 Å². The monoisotopic (exact) mass is 356 g/mol. The predicted molar refractivity (Wildman–Crippen MR) is 79.6 cm³/mol. The van der Waals surface area contributed by atoms with Crippen LogP contribution in [0.1, 0.15) is 28.0 Å². The van der Waals surface area contributed by atoms with Crippen molar-refractivity contribution in [1.29, 1.82) is 0 Å². The molecule has 10 heteroatoms. The number of halogens is 3. The van der Waals surface area contributed by atoms with Gasteiger partial charge in [-0.2, -0.15) is 13.2 Å². The normalized spacial score (nSPS) is 11.3. The molecule has 2 aromatic rings. The molecule has 0 saturated heterocycles. The van der Waals surface area contributed by atoms with Crippen LogP contribution in [0, 0.1) is 0 Å². The molecule has 1 aromatic heterocycles. The summed E-state index contributed by atoms with van der Waals surface area (Å²) in [4.78, 5) is 22.8. The van der Waals surface area contributed by atoms with Gasteiger partial charge in [0.25, 0.3) is 5.91 Å². The second-order valence-corrected chi connectivity index (χ2v) is 5.26. The first kappa shape index (κ1) is 18.4. The minimum absolute atomic E-state index is 0.0218. The van der Waals surface area contributed by atoms with Crippen LogP contribution in [0.5, 0.6) is 0 Å². The van der Waals surface area contributed by atoms with Crippen LogP contribution >= 0.6 is 0 Å². The zero-order valence-corrected chi connectivity index (χ0v) is 13.0. The number of hydrogen-bond acceptors (Lipinski definition) is 4. The summed E-state index contributed by atoms with van der Waals surface area (Å²) < 4.78 is 38.2. The Balaban J connectivity index is 1.99. The molecule has 0 radical (unpaired) electrons. The maximum absolute atomic E-state index is 12.4. The highest BCUT2D eigenvalue weighted by atomic mass is 19.4. The van der Waals surface area contributed by atoms with Gasteiger partial charge < -0.3 is 10.4 Å². The maximum Gasteiger partial charge on any atom is 0.389 e. The average Bonchev–Trinajstić information content (AvgIpc) is 2.97. The highest BCUT2D eigenvalue weighted by Crippen LogP contribution is 2.23. The van der Waals surface area contributed by atoms with E-state index in [1.807, 2.05) is 0 Å². The van der Waals surface area contributed by atoms with Crippen LogP contribution in [0.15, 0.2) is 30.5 Å². The van der Waals surface area contributed by atoms with Crippen molar-refractivity contribution in [3.63, 3.8) is 0 Å². The summed E-state index contributed by atoms with van der Waals surface area (Å²) in [6.45, 7) is -0.382. The largest absolute Gasteiger partial charge is 0.480 e. The van der Waals surface area contributed by atoms with Crippen LogP contribution in [-0.4, -0.2) is 38.2 Å². The molecule has 134 valence electrons. The van der Waals surface area contributed by atoms with E-state index >= 15 is 0 Å². The minimum Gasteiger partial charge on any atom is -0.480 e. The fourth-order valence-electron chi connectivity index (χ4n) is 2.14. The third kappa shape index (κ3) is 5.90. The first-order valence-electron chi connectivity index (χ1n) is 7.28. The van der Waals surface area contributed by atoms with Gasteiger partial charge in [-0.15, -0.1) is 5.10 Å². The summed E-state index contributed by atoms with van der Waals surface area (Å²) in [6.07, 6.45) is -4.24. The molecule has 0 bridgehead atoms. The van der Waals surface area contributed by atoms with E-state index in [1.54, 1.807) is 12.1 Å². The van der Waals surface area contributed by atoms with Gasteiger partial charge in [0.05, 0.1) is 12.7 Å². The van der Waals surface area contributed by atoms with Crippen molar-refractivity contribution in [2.75, 3.05) is 0 Å². The second kappa shape index (κ2) is 7.77. The van der Waals surface area contributed by atoms with Crippen molar-refractivity contribution in [1.82, 2.24) is 20.3 Å². The van der Waals surface area contributed by atoms with E-state index in [0.29, 0.717) is 11.3 Å². The van der Waals surface area contributed by atoms with E-state index in [4.69, 9.17) is 5.11 Å². The predicted octanol–water partition coefficient (Wildman–Crippen LogP) is 1.79. The van der Waals surface area contributed by atoms with Crippen LogP contribution < -0.4 is 5.32 Å². The number of carbonyl (C=O) groups is 2. The third-order valence-electron chi connectivity index (χ3n) is 3.25. The maximum atomic E-state index is 12.4. The summed E-state index contributed by atoms with van der Waals surface area (Å²) in [6, 6.07) is 6.06. The second-order valence-electron chi connectivity index (χ2n) is 5.26. The summed E-state index contributed by atoms with van der Waals surface area (Å²) >= 11 is 0. The van der Waals surface area contributed by atoms with Crippen LogP contribution in [0.4, 0.5) is 13.2 Å². The fraction of sp³-hybridized carbons (Fsp3) is 0.333. The molecule has 0 spiro atoms. The van der Waals surface area contributed by atoms with E-state index in [9.17, 15) is 22.8 Å². The van der Waals surface area contributed by atoms with E-state index in [2.05, 4.69) is 15.6 Å². The molecule has 1 amide bonds. The number of aliphatic carboxylic acids is 1. The third-order valence-corrected chi connectivity index (χ3v) is 3.25. The van der Waals surface area contributed by atoms with Crippen molar-refractivity contribution >= 4 is 11.9 Å². The number of hydrogen-bond donors (Lipinski definition) is 2. The molecule has 1 aromatic carbocycles. The van der Waals surface area contributed by atoms with E-state index in [-0.39, 0.29) is 25.1 Å². The molecule has 0 aliphatic rings. The van der Waals surface area contributed by atoms with Crippen molar-refractivity contribution in [2.24, 2.45) is 0 Å². The quantitative estimate of drug-likeness (QED) is 0.788. The first-order chi connectivity index (χ1) is 11.7. The number of aryl methyl sites for hydroxylation is 1. The standard InChI is InChI=1S/C15H15F3N4O3/c16-15(17,18)6-5-10-3-1-2-4-12(10)14(25)19-7-11-8-22(21-20-11)9-13(23)24/h1-4,8H,5-7,9H2,(H,19,25)(H,23,24). The zero-order chi connectivity index (χ0) is 18.4. The Morgan fingerprint density at radius 3 is 2.64 bits per heavy atom. The lowest BCUT2D eigenvalue weighted by atomic mass is 10.0. The molecule has 2 N–H and O–H groups in total. The minimum atomic E-state index is -4.30. The fourth-order valence-corrected chi connectivity index (χ4v) is 2.14. The zero-order valence-electron chi connectivity index (χ0n) is 13.0. The van der Waals surface area contributed by atoms with Gasteiger partial charge in [0.15, 0.2) is 0 Å². The number of rotatable bonds is 7. The van der Waals surface area contributed by atoms with Crippen molar-refractivity contribution in [3.8, 4) is 0 Å². The number of carboxylic acid groups (broad SMARTS) is 1. The molecule has 0 fully saturated rings. The molecule has 0 unspecified atom stereocenters. The highest BCUT2D eigenvalue weighted by Gasteiger charge is 2.27. The van der Waals surface area contributed by atoms with Crippen LogP contribution in [0.3, 0.4) is 0 Å². The molecule has 25 heavy (non-hydrogen) atoms. The molecular weight excluding hydrogens is 341 g/mol. The van der Waals surface area contributed by atoms with Gasteiger partial charge >= 0.3 is 12.1 Å². The summed E-state index contributed by atoms with van der Waals surface area (Å²) in [5.41, 5.74) is 0.791. The lowest BCUT2D eigenvalue weighted by Crippen LogP contribution is -2.24. The Labute approximate surface area is 140 Å². The number of amides is 1. The van der Waals surface area contributed by atoms with Gasteiger partial charge in [-0.25, -0.2) is 4.68 Å². The number of carbonyl (C=O) groups excluding carboxylic acids is 1. The van der Waals surface area contributed by atoms with E-state index in [1.165, 1.54) is 18.3 Å². The van der Waals surface area contributed by atoms with Crippen LogP contribution in [0.2, 0.25) is 0 Å². The molecular formula is C15H15F3N4O3. The lowest BCUT2D eigenvalue weighted by molar-refractivity contribution is -0.138. The molecule has 2 rings (SSSR count). The molecule has 1 heterocycles. The average molecular weight is 356 g/mol. The van der Waals surface area contributed by atoms with Crippen LogP contribution in [-0.2, 0) is 24.3 Å². The van der Waals surface area contributed by atoms with Crippen LogP contribution in [0.25, 0.3) is 0 Å². The number of alkyl halides is 3. The van der Waals surface area contributed by atoms with Crippen molar-refractivity contribution in [3.05, 3.63) is 47.3 Å². The van der Waals surface area contributed by atoms with Gasteiger partial charge in [-0.1, -0.05) is 23.4 Å². The first-order valence-corrected chi connectivity index (χ1v) is 7.28. The smallest absolute Gasteiger partial charge is 0.389 e. The Morgan fingerprint density at radius 2 is 1.96 bits per heavy atom.